The molecule has 0 radical (unpaired) electrons. The molecule has 0 aliphatic carbocycles. The van der Waals surface area contributed by atoms with Crippen LogP contribution in [0.4, 0.5) is 0 Å². The number of likely N-dealkylation sites (tertiary alicyclic amines) is 1. The lowest BCUT2D eigenvalue weighted by atomic mass is 9.90. The molecule has 1 aromatic carbocycles. The fourth-order valence-electron chi connectivity index (χ4n) is 3.53. The second kappa shape index (κ2) is 6.46. The number of amides is 1. The van der Waals surface area contributed by atoms with Gasteiger partial charge in [0.1, 0.15) is 17.8 Å². The minimum absolute atomic E-state index is 0.130. The van der Waals surface area contributed by atoms with Gasteiger partial charge in [-0.2, -0.15) is 0 Å². The van der Waals surface area contributed by atoms with Crippen molar-refractivity contribution in [2.75, 3.05) is 19.7 Å². The summed E-state index contributed by atoms with van der Waals surface area (Å²) in [7, 11) is -3.73. The highest BCUT2D eigenvalue weighted by Gasteiger charge is 2.47. The first-order chi connectivity index (χ1) is 12.5. The van der Waals surface area contributed by atoms with Crippen LogP contribution in [-0.2, 0) is 14.6 Å². The van der Waals surface area contributed by atoms with Crippen LogP contribution in [0.2, 0.25) is 0 Å². The summed E-state index contributed by atoms with van der Waals surface area (Å²) >= 11 is 0. The van der Waals surface area contributed by atoms with Crippen LogP contribution in [0.5, 0.6) is 5.75 Å². The number of ether oxygens (including phenoxy) is 1. The molecule has 7 nitrogen and oxygen atoms in total. The first-order valence-corrected chi connectivity index (χ1v) is 9.94. The minimum Gasteiger partial charge on any atom is -0.593 e. The van der Waals surface area contributed by atoms with Crippen LogP contribution >= 0.6 is 0 Å². The summed E-state index contributed by atoms with van der Waals surface area (Å²) in [6, 6.07) is 11.7. The second-order valence-corrected chi connectivity index (χ2v) is 8.32. The number of rotatable bonds is 1. The summed E-state index contributed by atoms with van der Waals surface area (Å²) in [6.45, 7) is 0.983. The molecule has 26 heavy (non-hydrogen) atoms. The number of pyridine rings is 1. The highest BCUT2D eigenvalue weighted by molar-refractivity contribution is 7.96. The van der Waals surface area contributed by atoms with E-state index in [4.69, 9.17) is 4.74 Å². The highest BCUT2D eigenvalue weighted by Crippen LogP contribution is 2.35. The van der Waals surface area contributed by atoms with Crippen LogP contribution in [0.3, 0.4) is 0 Å². The maximum atomic E-state index is 12.8. The first-order valence-electron chi connectivity index (χ1n) is 8.45. The molecule has 1 spiro atoms. The molecule has 1 amide bonds. The standard InChI is InChI=1S/C18H19N3O4S/c22-17(14-6-3-4-10-19-14)21-11-5-9-18(12-21)13-25-15-7-1-2-8-16(15)26(23,24)20-18/h1-4,6-8,10H,5,9,11-13H2,(H-,20,23,24). The monoisotopic (exact) mass is 373 g/mol. The third kappa shape index (κ3) is 3.11. The lowest BCUT2D eigenvalue weighted by molar-refractivity contribution is 0.0546. The Balaban J connectivity index is 1.61. The van der Waals surface area contributed by atoms with Gasteiger partial charge in [-0.05, 0) is 37.1 Å². The van der Waals surface area contributed by atoms with Gasteiger partial charge in [0.2, 0.25) is 4.90 Å². The van der Waals surface area contributed by atoms with Crippen molar-refractivity contribution in [3.63, 3.8) is 0 Å². The van der Waals surface area contributed by atoms with E-state index in [0.717, 1.165) is 0 Å². The molecule has 8 heteroatoms. The van der Waals surface area contributed by atoms with E-state index in [-0.39, 0.29) is 24.0 Å². The lowest BCUT2D eigenvalue weighted by Gasteiger charge is -2.41. The molecule has 2 aromatic rings. The number of aromatic nitrogens is 1. The molecule has 2 unspecified atom stereocenters. The summed E-state index contributed by atoms with van der Waals surface area (Å²) in [6.07, 6.45) is 2.86. The van der Waals surface area contributed by atoms with Gasteiger partial charge in [-0.15, -0.1) is 4.72 Å². The fraction of sp³-hybridized carbons (Fsp3) is 0.333. The smallest absolute Gasteiger partial charge is 0.272 e. The number of benzene rings is 1. The second-order valence-electron chi connectivity index (χ2n) is 6.67. The number of fused-ring (bicyclic) bond motifs is 1. The third-order valence-electron chi connectivity index (χ3n) is 4.74. The molecule has 1 N–H and O–H groups in total. The maximum absolute atomic E-state index is 12.8. The molecule has 136 valence electrons. The molecule has 1 aromatic heterocycles. The van der Waals surface area contributed by atoms with Crippen molar-refractivity contribution >= 4 is 16.3 Å². The van der Waals surface area contributed by atoms with Gasteiger partial charge >= 0.3 is 0 Å². The van der Waals surface area contributed by atoms with Gasteiger partial charge in [0, 0.05) is 19.3 Å². The van der Waals surface area contributed by atoms with Crippen LogP contribution in [0, 0.1) is 0 Å². The zero-order chi connectivity index (χ0) is 18.2. The normalized spacial score (nSPS) is 28.1. The fourth-order valence-corrected chi connectivity index (χ4v) is 5.09. The van der Waals surface area contributed by atoms with Gasteiger partial charge in [-0.3, -0.25) is 9.78 Å². The molecule has 2 atom stereocenters. The number of nitrogens with one attached hydrogen (secondary N) is 1. The number of piperidine rings is 1. The Bertz CT molecular complexity index is 876. The van der Waals surface area contributed by atoms with E-state index in [0.29, 0.717) is 30.8 Å². The lowest BCUT2D eigenvalue weighted by Crippen LogP contribution is -2.62. The van der Waals surface area contributed by atoms with E-state index < -0.39 is 15.9 Å². The molecule has 0 saturated carbocycles. The number of hydrogen-bond acceptors (Lipinski definition) is 5. The Morgan fingerprint density at radius 1 is 1.27 bits per heavy atom. The highest BCUT2D eigenvalue weighted by atomic mass is 32.3. The van der Waals surface area contributed by atoms with Crippen molar-refractivity contribution < 1.29 is 18.3 Å². The van der Waals surface area contributed by atoms with Crippen molar-refractivity contribution in [1.82, 2.24) is 14.6 Å². The summed E-state index contributed by atoms with van der Waals surface area (Å²) in [5.74, 6) is 0.135. The van der Waals surface area contributed by atoms with E-state index in [1.54, 1.807) is 47.5 Å². The predicted molar refractivity (Wildman–Crippen MR) is 94.3 cm³/mol. The quantitative estimate of drug-likeness (QED) is 0.767. The Kier molecular flexibility index (Phi) is 4.26. The molecule has 2 aliphatic rings. The number of para-hydroxylation sites is 1. The topological polar surface area (TPSA) is 94.6 Å². The van der Waals surface area contributed by atoms with Gasteiger partial charge in [0.05, 0.1) is 0 Å². The molecule has 1 saturated heterocycles. The Hall–Kier alpha value is -2.29. The number of hydrogen-bond donors (Lipinski definition) is 1. The predicted octanol–water partition coefficient (Wildman–Crippen LogP) is 1.64. The summed E-state index contributed by atoms with van der Waals surface area (Å²) in [4.78, 5) is 18.6. The average molecular weight is 373 g/mol. The summed E-state index contributed by atoms with van der Waals surface area (Å²) in [5.41, 5.74) is -0.495. The van der Waals surface area contributed by atoms with E-state index in [9.17, 15) is 13.6 Å². The van der Waals surface area contributed by atoms with Gasteiger partial charge in [0.25, 0.3) is 5.91 Å². The molecular weight excluding hydrogens is 354 g/mol. The molecule has 4 rings (SSSR count). The Morgan fingerprint density at radius 3 is 2.88 bits per heavy atom. The number of carbonyl (C=O) groups is 1. The van der Waals surface area contributed by atoms with Gasteiger partial charge in [-0.25, -0.2) is 0 Å². The van der Waals surface area contributed by atoms with Crippen molar-refractivity contribution in [3.05, 3.63) is 54.4 Å². The van der Waals surface area contributed by atoms with E-state index in [1.807, 2.05) is 0 Å². The van der Waals surface area contributed by atoms with E-state index in [1.165, 1.54) is 6.07 Å². The molecule has 0 bridgehead atoms. The van der Waals surface area contributed by atoms with Crippen LogP contribution in [0.15, 0.2) is 53.6 Å². The van der Waals surface area contributed by atoms with Crippen molar-refractivity contribution in [3.8, 4) is 5.75 Å². The van der Waals surface area contributed by atoms with E-state index in [2.05, 4.69) is 9.71 Å². The van der Waals surface area contributed by atoms with Crippen LogP contribution < -0.4 is 9.46 Å². The number of carbonyl (C=O) groups excluding carboxylic acids is 1. The first kappa shape index (κ1) is 17.1. The van der Waals surface area contributed by atoms with Crippen molar-refractivity contribution in [1.29, 1.82) is 0 Å². The van der Waals surface area contributed by atoms with Gasteiger partial charge < -0.3 is 14.2 Å². The molecule has 1 fully saturated rings. The number of sulfonamides is 1. The van der Waals surface area contributed by atoms with Crippen LogP contribution in [0.1, 0.15) is 23.3 Å². The maximum Gasteiger partial charge on any atom is 0.272 e. The largest absolute Gasteiger partial charge is 0.593 e. The van der Waals surface area contributed by atoms with Gasteiger partial charge in [0.15, 0.2) is 16.1 Å². The Morgan fingerprint density at radius 2 is 2.08 bits per heavy atom. The summed E-state index contributed by atoms with van der Waals surface area (Å²) in [5, 5.41) is 0. The van der Waals surface area contributed by atoms with E-state index >= 15 is 0 Å². The van der Waals surface area contributed by atoms with Gasteiger partial charge in [-0.1, -0.05) is 22.4 Å². The molecule has 3 heterocycles. The Labute approximate surface area is 152 Å². The zero-order valence-electron chi connectivity index (χ0n) is 14.1. The molecule has 2 aliphatic heterocycles. The SMILES string of the molecule is O=C(c1ccccn1)N1CCCC2(COc3ccccc3[S+](=O)([O-])N2)C1. The van der Waals surface area contributed by atoms with Crippen molar-refractivity contribution in [2.45, 2.75) is 23.3 Å². The van der Waals surface area contributed by atoms with Crippen molar-refractivity contribution in [2.24, 2.45) is 0 Å². The summed E-state index contributed by atoms with van der Waals surface area (Å²) < 4.78 is 34.2. The average Bonchev–Trinajstić information content (AvgIpc) is 2.76. The minimum atomic E-state index is -3.73. The van der Waals surface area contributed by atoms with Crippen LogP contribution in [0.25, 0.3) is 0 Å². The third-order valence-corrected chi connectivity index (χ3v) is 6.36. The molecular formula is C18H19N3O4S. The number of nitrogens with zero attached hydrogens (tertiary/aromatic N) is 2. The zero-order valence-corrected chi connectivity index (χ0v) is 14.9. The van der Waals surface area contributed by atoms with Crippen LogP contribution in [-0.4, -0.2) is 45.6 Å².